The Hall–Kier alpha value is -2.89. The number of aromatic nitrogens is 3. The van der Waals surface area contributed by atoms with Crippen LogP contribution in [0.3, 0.4) is 0 Å². The lowest BCUT2D eigenvalue weighted by Crippen LogP contribution is -2.29. The number of hydrogen-bond acceptors (Lipinski definition) is 5. The lowest BCUT2D eigenvalue weighted by molar-refractivity contribution is 0.0952. The lowest BCUT2D eigenvalue weighted by atomic mass is 10.0. The molecule has 0 aliphatic heterocycles. The third-order valence-electron chi connectivity index (χ3n) is 4.29. The first-order chi connectivity index (χ1) is 14.0. The van der Waals surface area contributed by atoms with Crippen molar-refractivity contribution in [1.29, 1.82) is 0 Å². The fourth-order valence-electron chi connectivity index (χ4n) is 2.88. The highest BCUT2D eigenvalue weighted by Crippen LogP contribution is 2.23. The summed E-state index contributed by atoms with van der Waals surface area (Å²) in [6.07, 6.45) is 5.49. The van der Waals surface area contributed by atoms with Gasteiger partial charge in [-0.3, -0.25) is 9.20 Å². The zero-order valence-corrected chi connectivity index (χ0v) is 17.9. The number of nitrogens with one attached hydrogen (secondary N) is 3. The van der Waals surface area contributed by atoms with E-state index in [0.29, 0.717) is 37.3 Å². The summed E-state index contributed by atoms with van der Waals surface area (Å²) in [5.41, 5.74) is 3.06. The number of nitrogens with zero attached hydrogens (tertiary/aromatic N) is 3. The van der Waals surface area contributed by atoms with E-state index in [2.05, 4.69) is 48.5 Å². The molecule has 9 nitrogen and oxygen atoms in total. The van der Waals surface area contributed by atoms with E-state index in [9.17, 15) is 9.59 Å². The quantitative estimate of drug-likeness (QED) is 0.274. The standard InChI is InChI=1S/C19H21IN6O3/c1-2-12-10-13(25-16-17-24-11-15(20)26(17)9-8-21-16)4-5-14(12)18(27)22-6-3-7-23-19(28)29/h4-5,8-11,23H,2-3,6-7H2,1H3,(H,21,25)(H,22,27)(H,28,29). The molecular formula is C19H21IN6O3. The van der Waals surface area contributed by atoms with Crippen LogP contribution in [0, 0.1) is 3.70 Å². The van der Waals surface area contributed by atoms with Gasteiger partial charge in [-0.2, -0.15) is 0 Å². The fourth-order valence-corrected chi connectivity index (χ4v) is 3.41. The summed E-state index contributed by atoms with van der Waals surface area (Å²) in [7, 11) is 0. The average Bonchev–Trinajstić information content (AvgIpc) is 3.09. The molecule has 0 bridgehead atoms. The predicted molar refractivity (Wildman–Crippen MR) is 118 cm³/mol. The monoisotopic (exact) mass is 508 g/mol. The summed E-state index contributed by atoms with van der Waals surface area (Å²) < 4.78 is 2.93. The Balaban J connectivity index is 1.69. The molecule has 0 aliphatic carbocycles. The molecule has 2 amide bonds. The van der Waals surface area contributed by atoms with Crippen LogP contribution in [0.15, 0.2) is 36.8 Å². The van der Waals surface area contributed by atoms with Crippen molar-refractivity contribution in [2.45, 2.75) is 19.8 Å². The number of carbonyl (C=O) groups is 2. The van der Waals surface area contributed by atoms with Gasteiger partial charge in [-0.25, -0.2) is 14.8 Å². The highest BCUT2D eigenvalue weighted by molar-refractivity contribution is 14.1. The topological polar surface area (TPSA) is 121 Å². The van der Waals surface area contributed by atoms with Gasteiger partial charge in [0.05, 0.1) is 6.20 Å². The van der Waals surface area contributed by atoms with Crippen LogP contribution in [-0.4, -0.2) is 44.6 Å². The molecule has 0 unspecified atom stereocenters. The van der Waals surface area contributed by atoms with Crippen molar-refractivity contribution in [3.05, 3.63) is 51.6 Å². The van der Waals surface area contributed by atoms with Gasteiger partial charge in [-0.1, -0.05) is 6.92 Å². The Kier molecular flexibility index (Phi) is 6.86. The molecule has 0 atom stereocenters. The number of hydrogen-bond donors (Lipinski definition) is 4. The Labute approximate surface area is 181 Å². The van der Waals surface area contributed by atoms with E-state index in [0.717, 1.165) is 20.6 Å². The summed E-state index contributed by atoms with van der Waals surface area (Å²) in [5.74, 6) is 0.465. The van der Waals surface area contributed by atoms with E-state index < -0.39 is 6.09 Å². The zero-order chi connectivity index (χ0) is 20.8. The Morgan fingerprint density at radius 1 is 1.21 bits per heavy atom. The van der Waals surface area contributed by atoms with Crippen molar-refractivity contribution in [2.24, 2.45) is 0 Å². The van der Waals surface area contributed by atoms with E-state index in [1.807, 2.05) is 29.7 Å². The molecule has 0 spiro atoms. The molecule has 2 heterocycles. The molecule has 0 fully saturated rings. The molecule has 0 aliphatic rings. The van der Waals surface area contributed by atoms with Crippen LogP contribution >= 0.6 is 22.6 Å². The minimum atomic E-state index is -1.07. The molecule has 2 aromatic heterocycles. The van der Waals surface area contributed by atoms with Crippen molar-refractivity contribution in [3.63, 3.8) is 0 Å². The molecule has 29 heavy (non-hydrogen) atoms. The number of aryl methyl sites for hydroxylation is 1. The van der Waals surface area contributed by atoms with Crippen molar-refractivity contribution >= 4 is 51.7 Å². The van der Waals surface area contributed by atoms with E-state index in [-0.39, 0.29) is 5.91 Å². The molecule has 1 aromatic carbocycles. The molecule has 0 radical (unpaired) electrons. The van der Waals surface area contributed by atoms with Crippen LogP contribution in [-0.2, 0) is 6.42 Å². The summed E-state index contributed by atoms with van der Waals surface area (Å²) in [6.45, 7) is 2.68. The number of rotatable bonds is 8. The highest BCUT2D eigenvalue weighted by atomic mass is 127. The number of carboxylic acid groups (broad SMARTS) is 1. The van der Waals surface area contributed by atoms with Crippen LogP contribution in [0.25, 0.3) is 5.65 Å². The van der Waals surface area contributed by atoms with Gasteiger partial charge in [0.25, 0.3) is 5.91 Å². The maximum Gasteiger partial charge on any atom is 0.404 e. The van der Waals surface area contributed by atoms with E-state index in [4.69, 9.17) is 5.11 Å². The third-order valence-corrected chi connectivity index (χ3v) is 5.09. The number of imidazole rings is 1. The summed E-state index contributed by atoms with van der Waals surface area (Å²) in [5, 5.41) is 16.9. The summed E-state index contributed by atoms with van der Waals surface area (Å²) in [6, 6.07) is 5.54. The van der Waals surface area contributed by atoms with Crippen molar-refractivity contribution < 1.29 is 14.7 Å². The Morgan fingerprint density at radius 3 is 2.76 bits per heavy atom. The minimum Gasteiger partial charge on any atom is -0.465 e. The lowest BCUT2D eigenvalue weighted by Gasteiger charge is -2.12. The summed E-state index contributed by atoms with van der Waals surface area (Å²) in [4.78, 5) is 31.7. The van der Waals surface area contributed by atoms with Gasteiger partial charge < -0.3 is 21.1 Å². The molecule has 10 heteroatoms. The van der Waals surface area contributed by atoms with Crippen molar-refractivity contribution in [3.8, 4) is 0 Å². The number of amides is 2. The molecule has 152 valence electrons. The van der Waals surface area contributed by atoms with E-state index in [1.54, 1.807) is 18.5 Å². The van der Waals surface area contributed by atoms with Gasteiger partial charge in [-0.15, -0.1) is 0 Å². The van der Waals surface area contributed by atoms with Gasteiger partial charge in [-0.05, 0) is 59.2 Å². The maximum absolute atomic E-state index is 12.5. The molecule has 0 saturated heterocycles. The SMILES string of the molecule is CCc1cc(Nc2nccn3c(I)cnc23)ccc1C(=O)NCCCNC(=O)O. The first-order valence-electron chi connectivity index (χ1n) is 9.12. The molecule has 4 N–H and O–H groups in total. The van der Waals surface area contributed by atoms with Gasteiger partial charge in [0, 0.05) is 36.7 Å². The number of fused-ring (bicyclic) bond motifs is 1. The van der Waals surface area contributed by atoms with Crippen LogP contribution in [0.4, 0.5) is 16.3 Å². The summed E-state index contributed by atoms with van der Waals surface area (Å²) >= 11 is 2.21. The first kappa shape index (κ1) is 20.8. The zero-order valence-electron chi connectivity index (χ0n) is 15.8. The Bertz CT molecular complexity index is 1040. The molecule has 0 saturated carbocycles. The normalized spacial score (nSPS) is 10.7. The second kappa shape index (κ2) is 9.54. The van der Waals surface area contributed by atoms with Gasteiger partial charge in [0.2, 0.25) is 0 Å². The largest absolute Gasteiger partial charge is 0.465 e. The maximum atomic E-state index is 12.5. The first-order valence-corrected chi connectivity index (χ1v) is 10.2. The fraction of sp³-hybridized carbons (Fsp3) is 0.263. The highest BCUT2D eigenvalue weighted by Gasteiger charge is 2.12. The van der Waals surface area contributed by atoms with Crippen LogP contribution in [0.5, 0.6) is 0 Å². The number of carbonyl (C=O) groups excluding carboxylic acids is 1. The van der Waals surface area contributed by atoms with E-state index in [1.165, 1.54) is 0 Å². The Morgan fingerprint density at radius 2 is 2.00 bits per heavy atom. The second-order valence-corrected chi connectivity index (χ2v) is 7.35. The van der Waals surface area contributed by atoms with Gasteiger partial charge in [0.1, 0.15) is 3.70 Å². The van der Waals surface area contributed by atoms with Crippen LogP contribution in [0.1, 0.15) is 29.3 Å². The molecule has 3 rings (SSSR count). The predicted octanol–water partition coefficient (Wildman–Crippen LogP) is 3.03. The van der Waals surface area contributed by atoms with Crippen molar-refractivity contribution in [1.82, 2.24) is 25.0 Å². The van der Waals surface area contributed by atoms with Gasteiger partial charge >= 0.3 is 6.09 Å². The second-order valence-electron chi connectivity index (χ2n) is 6.24. The minimum absolute atomic E-state index is 0.174. The van der Waals surface area contributed by atoms with Crippen LogP contribution < -0.4 is 16.0 Å². The number of halogens is 1. The van der Waals surface area contributed by atoms with Gasteiger partial charge in [0.15, 0.2) is 11.5 Å². The molecular weight excluding hydrogens is 487 g/mol. The van der Waals surface area contributed by atoms with E-state index >= 15 is 0 Å². The smallest absolute Gasteiger partial charge is 0.404 e. The number of benzene rings is 1. The third kappa shape index (κ3) is 5.13. The van der Waals surface area contributed by atoms with Crippen LogP contribution in [0.2, 0.25) is 0 Å². The molecule has 3 aromatic rings. The number of anilines is 2. The average molecular weight is 508 g/mol. The van der Waals surface area contributed by atoms with Crippen molar-refractivity contribution in [2.75, 3.05) is 18.4 Å².